The molecule has 92 valence electrons. The van der Waals surface area contributed by atoms with Gasteiger partial charge in [-0.05, 0) is 32.4 Å². The molecule has 1 amide bonds. The fourth-order valence-corrected chi connectivity index (χ4v) is 2.41. The number of amides is 1. The Morgan fingerprint density at radius 2 is 2.18 bits per heavy atom. The Balaban J connectivity index is 2.01. The van der Waals surface area contributed by atoms with E-state index in [2.05, 4.69) is 10.3 Å². The third kappa shape index (κ3) is 2.26. The number of rotatable bonds is 3. The number of alkyl halides is 2. The molecule has 1 aromatic rings. The van der Waals surface area contributed by atoms with Crippen molar-refractivity contribution in [3.8, 4) is 0 Å². The molecule has 1 heterocycles. The molecule has 17 heavy (non-hydrogen) atoms. The summed E-state index contributed by atoms with van der Waals surface area (Å²) in [6.07, 6.45) is 2.19. The molecule has 0 radical (unpaired) electrons. The lowest BCUT2D eigenvalue weighted by molar-refractivity contribution is -0.126. The van der Waals surface area contributed by atoms with Crippen LogP contribution in [0.2, 0.25) is 0 Å². The second-order valence-corrected chi connectivity index (χ2v) is 6.15. The Morgan fingerprint density at radius 1 is 1.53 bits per heavy atom. The zero-order chi connectivity index (χ0) is 12.7. The fourth-order valence-electron chi connectivity index (χ4n) is 1.71. The van der Waals surface area contributed by atoms with Crippen molar-refractivity contribution in [2.75, 3.05) is 0 Å². The Labute approximate surface area is 111 Å². The van der Waals surface area contributed by atoms with Crippen molar-refractivity contribution >= 4 is 29.1 Å². The van der Waals surface area contributed by atoms with Crippen LogP contribution in [0.1, 0.15) is 32.0 Å². The fraction of sp³-hybridized carbons (Fsp3) is 0.500. The first kappa shape index (κ1) is 12.7. The minimum Gasteiger partial charge on any atom is -0.347 e. The van der Waals surface area contributed by atoms with Gasteiger partial charge in [0.15, 0.2) is 0 Å². The van der Waals surface area contributed by atoms with E-state index in [1.807, 2.05) is 25.1 Å². The van der Waals surface area contributed by atoms with E-state index in [-0.39, 0.29) is 11.9 Å². The van der Waals surface area contributed by atoms with Crippen molar-refractivity contribution in [3.63, 3.8) is 0 Å². The van der Waals surface area contributed by atoms with Crippen LogP contribution in [0.25, 0.3) is 0 Å². The number of aromatic nitrogens is 1. The third-order valence-corrected chi connectivity index (χ3v) is 4.34. The van der Waals surface area contributed by atoms with Crippen LogP contribution >= 0.6 is 23.2 Å². The number of carbonyl (C=O) groups is 1. The van der Waals surface area contributed by atoms with Gasteiger partial charge in [-0.2, -0.15) is 0 Å². The van der Waals surface area contributed by atoms with Gasteiger partial charge in [0.25, 0.3) is 0 Å². The first-order valence-electron chi connectivity index (χ1n) is 5.46. The van der Waals surface area contributed by atoms with Gasteiger partial charge in [0.05, 0.1) is 17.2 Å². The molecule has 1 N–H and O–H groups in total. The molecule has 0 aromatic carbocycles. The van der Waals surface area contributed by atoms with Gasteiger partial charge < -0.3 is 5.32 Å². The summed E-state index contributed by atoms with van der Waals surface area (Å²) < 4.78 is -0.930. The Kier molecular flexibility index (Phi) is 3.08. The van der Waals surface area contributed by atoms with E-state index in [1.165, 1.54) is 0 Å². The number of nitrogens with one attached hydrogen (secondary N) is 1. The summed E-state index contributed by atoms with van der Waals surface area (Å²) in [7, 11) is 0. The predicted octanol–water partition coefficient (Wildman–Crippen LogP) is 2.84. The number of hydrogen-bond donors (Lipinski definition) is 1. The second kappa shape index (κ2) is 4.14. The number of carbonyl (C=O) groups excluding carboxylic acids is 1. The van der Waals surface area contributed by atoms with Crippen molar-refractivity contribution in [3.05, 3.63) is 30.1 Å². The lowest BCUT2D eigenvalue weighted by Gasteiger charge is -2.17. The average Bonchev–Trinajstić information content (AvgIpc) is 2.81. The molecular formula is C12H14Cl2N2O. The minimum absolute atomic E-state index is 0.124. The number of hydrogen-bond acceptors (Lipinski definition) is 2. The van der Waals surface area contributed by atoms with Crippen LogP contribution < -0.4 is 5.32 Å². The lowest BCUT2D eigenvalue weighted by Crippen LogP contribution is -2.35. The normalized spacial score (nSPS) is 27.3. The van der Waals surface area contributed by atoms with E-state index in [0.29, 0.717) is 6.42 Å². The summed E-state index contributed by atoms with van der Waals surface area (Å²) in [4.78, 5) is 16.2. The van der Waals surface area contributed by atoms with Crippen molar-refractivity contribution in [2.45, 2.75) is 30.6 Å². The van der Waals surface area contributed by atoms with Gasteiger partial charge in [0.1, 0.15) is 4.33 Å². The van der Waals surface area contributed by atoms with E-state index >= 15 is 0 Å². The molecule has 1 aliphatic carbocycles. The summed E-state index contributed by atoms with van der Waals surface area (Å²) in [5, 5.41) is 2.88. The van der Waals surface area contributed by atoms with E-state index in [9.17, 15) is 4.79 Å². The summed E-state index contributed by atoms with van der Waals surface area (Å²) in [6, 6.07) is 5.44. The predicted molar refractivity (Wildman–Crippen MR) is 68.0 cm³/mol. The first-order valence-corrected chi connectivity index (χ1v) is 6.22. The Bertz CT molecular complexity index is 435. The Hall–Kier alpha value is -0.800. The number of halogens is 2. The SMILES string of the molecule is CC(NC(=O)C1(C)CC1(Cl)Cl)c1ccccn1. The highest BCUT2D eigenvalue weighted by Crippen LogP contribution is 2.63. The van der Waals surface area contributed by atoms with Crippen molar-refractivity contribution in [2.24, 2.45) is 5.41 Å². The molecular weight excluding hydrogens is 259 g/mol. The number of pyridine rings is 1. The zero-order valence-corrected chi connectivity index (χ0v) is 11.2. The summed E-state index contributed by atoms with van der Waals surface area (Å²) in [5.74, 6) is -0.124. The topological polar surface area (TPSA) is 42.0 Å². The molecule has 0 aliphatic heterocycles. The zero-order valence-electron chi connectivity index (χ0n) is 9.71. The molecule has 3 nitrogen and oxygen atoms in total. The maximum Gasteiger partial charge on any atom is 0.229 e. The summed E-state index contributed by atoms with van der Waals surface area (Å²) >= 11 is 11.9. The first-order chi connectivity index (χ1) is 7.87. The molecule has 1 aliphatic rings. The molecule has 1 saturated carbocycles. The van der Waals surface area contributed by atoms with Gasteiger partial charge in [-0.25, -0.2) is 0 Å². The van der Waals surface area contributed by atoms with Gasteiger partial charge in [-0.15, -0.1) is 23.2 Å². The van der Waals surface area contributed by atoms with Crippen molar-refractivity contribution in [1.29, 1.82) is 0 Å². The molecule has 2 atom stereocenters. The molecule has 2 unspecified atom stereocenters. The standard InChI is InChI=1S/C12H14Cl2N2O/c1-8(9-5-3-4-6-15-9)16-10(17)11(2)7-12(11,13)14/h3-6,8H,7H2,1-2H3,(H,16,17). The molecule has 0 saturated heterocycles. The van der Waals surface area contributed by atoms with E-state index in [4.69, 9.17) is 23.2 Å². The van der Waals surface area contributed by atoms with E-state index < -0.39 is 9.75 Å². The molecule has 1 fully saturated rings. The Morgan fingerprint density at radius 3 is 2.65 bits per heavy atom. The van der Waals surface area contributed by atoms with Gasteiger partial charge in [0.2, 0.25) is 5.91 Å². The van der Waals surface area contributed by atoms with Crippen LogP contribution in [0.15, 0.2) is 24.4 Å². The highest BCUT2D eigenvalue weighted by molar-refractivity contribution is 6.53. The lowest BCUT2D eigenvalue weighted by atomic mass is 10.1. The van der Waals surface area contributed by atoms with Crippen LogP contribution in [0, 0.1) is 5.41 Å². The highest BCUT2D eigenvalue weighted by Gasteiger charge is 2.67. The van der Waals surface area contributed by atoms with Gasteiger partial charge >= 0.3 is 0 Å². The van der Waals surface area contributed by atoms with E-state index in [1.54, 1.807) is 13.1 Å². The second-order valence-electron chi connectivity index (χ2n) is 4.66. The van der Waals surface area contributed by atoms with Crippen LogP contribution in [0.5, 0.6) is 0 Å². The minimum atomic E-state index is -0.930. The summed E-state index contributed by atoms with van der Waals surface area (Å²) in [5.41, 5.74) is 0.138. The third-order valence-electron chi connectivity index (χ3n) is 3.24. The molecule has 2 rings (SSSR count). The van der Waals surface area contributed by atoms with Gasteiger partial charge in [-0.3, -0.25) is 9.78 Å². The highest BCUT2D eigenvalue weighted by atomic mass is 35.5. The van der Waals surface area contributed by atoms with E-state index in [0.717, 1.165) is 5.69 Å². The maximum absolute atomic E-state index is 12.0. The molecule has 1 aromatic heterocycles. The molecule has 0 bridgehead atoms. The van der Waals surface area contributed by atoms with Crippen LogP contribution in [0.3, 0.4) is 0 Å². The van der Waals surface area contributed by atoms with Gasteiger partial charge in [0, 0.05) is 6.20 Å². The molecule has 0 spiro atoms. The van der Waals surface area contributed by atoms with Crippen molar-refractivity contribution < 1.29 is 4.79 Å². The molecule has 5 heteroatoms. The smallest absolute Gasteiger partial charge is 0.229 e. The van der Waals surface area contributed by atoms with Crippen LogP contribution in [0.4, 0.5) is 0 Å². The van der Waals surface area contributed by atoms with Crippen LogP contribution in [-0.2, 0) is 4.79 Å². The largest absolute Gasteiger partial charge is 0.347 e. The van der Waals surface area contributed by atoms with Crippen LogP contribution in [-0.4, -0.2) is 15.2 Å². The van der Waals surface area contributed by atoms with Gasteiger partial charge in [-0.1, -0.05) is 6.07 Å². The van der Waals surface area contributed by atoms with Crippen molar-refractivity contribution in [1.82, 2.24) is 10.3 Å². The average molecular weight is 273 g/mol. The number of nitrogens with zero attached hydrogens (tertiary/aromatic N) is 1. The monoisotopic (exact) mass is 272 g/mol. The summed E-state index contributed by atoms with van der Waals surface area (Å²) in [6.45, 7) is 3.66. The maximum atomic E-state index is 12.0. The quantitative estimate of drug-likeness (QED) is 0.860.